The largest absolute Gasteiger partial charge is 0.457 e. The molecule has 1 aliphatic rings. The van der Waals surface area contributed by atoms with Gasteiger partial charge in [-0.05, 0) is 42.8 Å². The molecule has 0 saturated carbocycles. The number of benzene rings is 2. The molecule has 0 unspecified atom stereocenters. The first-order chi connectivity index (χ1) is 13.7. The zero-order chi connectivity index (χ0) is 19.3. The van der Waals surface area contributed by atoms with Crippen LogP contribution in [0.1, 0.15) is 18.5 Å². The monoisotopic (exact) mass is 393 g/mol. The summed E-state index contributed by atoms with van der Waals surface area (Å²) in [6.45, 7) is 0.704. The van der Waals surface area contributed by atoms with Crippen molar-refractivity contribution in [2.24, 2.45) is 0 Å². The van der Waals surface area contributed by atoms with Crippen LogP contribution in [-0.4, -0.2) is 23.3 Å². The van der Waals surface area contributed by atoms with Crippen LogP contribution in [0.25, 0.3) is 0 Å². The number of carbonyl (C=O) groups excluding carboxylic acids is 2. The number of rotatable bonds is 6. The second-order valence-corrected chi connectivity index (χ2v) is 7.27. The van der Waals surface area contributed by atoms with Crippen LogP contribution in [0.4, 0.5) is 10.8 Å². The predicted octanol–water partition coefficient (Wildman–Crippen LogP) is 4.24. The Balaban J connectivity index is 1.32. The van der Waals surface area contributed by atoms with E-state index in [1.807, 2.05) is 47.8 Å². The van der Waals surface area contributed by atoms with Crippen molar-refractivity contribution in [3.8, 4) is 11.5 Å². The number of nitrogens with one attached hydrogen (secondary N) is 1. The van der Waals surface area contributed by atoms with Gasteiger partial charge in [0.15, 0.2) is 5.13 Å². The average molecular weight is 393 g/mol. The van der Waals surface area contributed by atoms with Crippen molar-refractivity contribution in [2.45, 2.75) is 19.3 Å². The molecular formula is C21H19N3O3S. The molecule has 7 heteroatoms. The summed E-state index contributed by atoms with van der Waals surface area (Å²) in [5.74, 6) is 1.41. The SMILES string of the molecule is O=C(Cc1csc(N2CCCC2=O)n1)Nc1ccc(Oc2ccccc2)cc1. The van der Waals surface area contributed by atoms with E-state index in [-0.39, 0.29) is 18.2 Å². The van der Waals surface area contributed by atoms with Gasteiger partial charge >= 0.3 is 0 Å². The van der Waals surface area contributed by atoms with E-state index < -0.39 is 0 Å². The number of aromatic nitrogens is 1. The topological polar surface area (TPSA) is 71.5 Å². The fraction of sp³-hybridized carbons (Fsp3) is 0.190. The van der Waals surface area contributed by atoms with Crippen molar-refractivity contribution in [2.75, 3.05) is 16.8 Å². The Morgan fingerprint density at radius 2 is 1.86 bits per heavy atom. The van der Waals surface area contributed by atoms with Gasteiger partial charge in [0, 0.05) is 24.0 Å². The molecule has 2 aromatic carbocycles. The molecule has 0 spiro atoms. The van der Waals surface area contributed by atoms with Crippen molar-refractivity contribution < 1.29 is 14.3 Å². The van der Waals surface area contributed by atoms with E-state index in [4.69, 9.17) is 4.74 Å². The fourth-order valence-corrected chi connectivity index (χ4v) is 3.82. The molecule has 0 bridgehead atoms. The van der Waals surface area contributed by atoms with Crippen LogP contribution in [0.15, 0.2) is 60.0 Å². The molecule has 2 heterocycles. The van der Waals surface area contributed by atoms with Gasteiger partial charge in [0.05, 0.1) is 12.1 Å². The van der Waals surface area contributed by atoms with Crippen molar-refractivity contribution in [1.29, 1.82) is 0 Å². The first-order valence-electron chi connectivity index (χ1n) is 9.05. The number of hydrogen-bond donors (Lipinski definition) is 1. The van der Waals surface area contributed by atoms with E-state index in [2.05, 4.69) is 10.3 Å². The minimum absolute atomic E-state index is 0.100. The van der Waals surface area contributed by atoms with Crippen LogP contribution in [0.3, 0.4) is 0 Å². The van der Waals surface area contributed by atoms with Crippen LogP contribution in [-0.2, 0) is 16.0 Å². The van der Waals surface area contributed by atoms with Crippen molar-refractivity contribution in [3.63, 3.8) is 0 Å². The number of hydrogen-bond acceptors (Lipinski definition) is 5. The van der Waals surface area contributed by atoms with Gasteiger partial charge in [-0.1, -0.05) is 18.2 Å². The second-order valence-electron chi connectivity index (χ2n) is 6.43. The first kappa shape index (κ1) is 18.2. The van der Waals surface area contributed by atoms with Crippen LogP contribution in [0.5, 0.6) is 11.5 Å². The maximum Gasteiger partial charge on any atom is 0.230 e. The van der Waals surface area contributed by atoms with Gasteiger partial charge in [-0.2, -0.15) is 0 Å². The number of para-hydroxylation sites is 1. The lowest BCUT2D eigenvalue weighted by molar-refractivity contribution is -0.117. The van der Waals surface area contributed by atoms with Crippen LogP contribution in [0, 0.1) is 0 Å². The maximum absolute atomic E-state index is 12.3. The van der Waals surface area contributed by atoms with Gasteiger partial charge < -0.3 is 10.1 Å². The van der Waals surface area contributed by atoms with Crippen LogP contribution in [0.2, 0.25) is 0 Å². The summed E-state index contributed by atoms with van der Waals surface area (Å²) in [4.78, 5) is 30.2. The molecule has 0 radical (unpaired) electrons. The summed E-state index contributed by atoms with van der Waals surface area (Å²) in [7, 11) is 0. The third-order valence-electron chi connectivity index (χ3n) is 4.30. The molecule has 1 saturated heterocycles. The molecule has 142 valence electrons. The number of anilines is 2. The van der Waals surface area contributed by atoms with Crippen molar-refractivity contribution >= 4 is 34.0 Å². The van der Waals surface area contributed by atoms with Gasteiger partial charge in [-0.25, -0.2) is 4.98 Å². The number of carbonyl (C=O) groups is 2. The highest BCUT2D eigenvalue weighted by molar-refractivity contribution is 7.14. The van der Waals surface area contributed by atoms with Crippen molar-refractivity contribution in [3.05, 3.63) is 65.7 Å². The van der Waals surface area contributed by atoms with Crippen LogP contribution < -0.4 is 15.0 Å². The molecule has 6 nitrogen and oxygen atoms in total. The summed E-state index contributed by atoms with van der Waals surface area (Å²) in [5.41, 5.74) is 1.36. The Kier molecular flexibility index (Phi) is 5.34. The lowest BCUT2D eigenvalue weighted by Gasteiger charge is -2.10. The van der Waals surface area contributed by atoms with E-state index >= 15 is 0 Å². The molecule has 3 aromatic rings. The summed E-state index contributed by atoms with van der Waals surface area (Å²) in [6.07, 6.45) is 1.60. The number of nitrogens with zero attached hydrogens (tertiary/aromatic N) is 2. The van der Waals surface area contributed by atoms with Gasteiger partial charge in [0.2, 0.25) is 11.8 Å². The normalized spacial score (nSPS) is 13.6. The molecule has 4 rings (SSSR count). The van der Waals surface area contributed by atoms with Crippen molar-refractivity contribution in [1.82, 2.24) is 4.98 Å². The Morgan fingerprint density at radius 3 is 2.57 bits per heavy atom. The molecule has 1 fully saturated rings. The first-order valence-corrected chi connectivity index (χ1v) is 9.93. The second kappa shape index (κ2) is 8.22. The summed E-state index contributed by atoms with van der Waals surface area (Å²) in [5, 5.41) is 5.36. The van der Waals surface area contributed by atoms with Gasteiger partial charge in [-0.3, -0.25) is 14.5 Å². The van der Waals surface area contributed by atoms with Gasteiger partial charge in [0.1, 0.15) is 11.5 Å². The van der Waals surface area contributed by atoms with E-state index in [0.717, 1.165) is 12.2 Å². The molecule has 0 aliphatic carbocycles. The zero-order valence-electron chi connectivity index (χ0n) is 15.1. The number of ether oxygens (including phenoxy) is 1. The highest BCUT2D eigenvalue weighted by Crippen LogP contribution is 2.26. The summed E-state index contributed by atoms with van der Waals surface area (Å²) < 4.78 is 5.74. The zero-order valence-corrected chi connectivity index (χ0v) is 15.9. The number of thiazole rings is 1. The maximum atomic E-state index is 12.3. The smallest absolute Gasteiger partial charge is 0.230 e. The van der Waals surface area contributed by atoms with E-state index in [9.17, 15) is 9.59 Å². The standard InChI is InChI=1S/C21H19N3O3S/c25-19(13-16-14-28-21(23-16)24-12-4-7-20(24)26)22-15-8-10-18(11-9-15)27-17-5-2-1-3-6-17/h1-3,5-6,8-11,14H,4,7,12-13H2,(H,22,25). The lowest BCUT2D eigenvalue weighted by Crippen LogP contribution is -2.23. The van der Waals surface area contributed by atoms with E-state index in [0.29, 0.717) is 35.2 Å². The summed E-state index contributed by atoms with van der Waals surface area (Å²) in [6, 6.07) is 16.7. The van der Waals surface area contributed by atoms with E-state index in [1.165, 1.54) is 11.3 Å². The highest BCUT2D eigenvalue weighted by Gasteiger charge is 2.24. The summed E-state index contributed by atoms with van der Waals surface area (Å²) >= 11 is 1.40. The van der Waals surface area contributed by atoms with E-state index in [1.54, 1.807) is 17.0 Å². The van der Waals surface area contributed by atoms with Crippen LogP contribution >= 0.6 is 11.3 Å². The Hall–Kier alpha value is -3.19. The molecular weight excluding hydrogens is 374 g/mol. The number of amides is 2. The third kappa shape index (κ3) is 4.37. The molecule has 1 N–H and O–H groups in total. The Bertz CT molecular complexity index is 970. The third-order valence-corrected chi connectivity index (χ3v) is 5.22. The lowest BCUT2D eigenvalue weighted by atomic mass is 10.2. The molecule has 28 heavy (non-hydrogen) atoms. The minimum Gasteiger partial charge on any atom is -0.457 e. The predicted molar refractivity (Wildman–Crippen MR) is 109 cm³/mol. The molecule has 0 atom stereocenters. The minimum atomic E-state index is -0.152. The quantitative estimate of drug-likeness (QED) is 0.680. The fourth-order valence-electron chi connectivity index (χ4n) is 2.95. The highest BCUT2D eigenvalue weighted by atomic mass is 32.1. The molecule has 1 aromatic heterocycles. The average Bonchev–Trinajstić information content (AvgIpc) is 3.33. The Morgan fingerprint density at radius 1 is 1.11 bits per heavy atom. The molecule has 1 aliphatic heterocycles. The molecule has 2 amide bonds. The van der Waals surface area contributed by atoms with Gasteiger partial charge in [-0.15, -0.1) is 11.3 Å². The Labute approximate surface area is 166 Å². The van der Waals surface area contributed by atoms with Gasteiger partial charge in [0.25, 0.3) is 0 Å².